The highest BCUT2D eigenvalue weighted by molar-refractivity contribution is 5.90. The second kappa shape index (κ2) is 8.54. The van der Waals surface area contributed by atoms with Crippen LogP contribution in [0.2, 0.25) is 0 Å². The number of rotatable bonds is 6. The maximum absolute atomic E-state index is 11.9. The van der Waals surface area contributed by atoms with Crippen molar-refractivity contribution >= 4 is 17.0 Å². The van der Waals surface area contributed by atoms with E-state index in [1.165, 1.54) is 17.2 Å². The van der Waals surface area contributed by atoms with Gasteiger partial charge in [-0.05, 0) is 56.5 Å². The zero-order valence-electron chi connectivity index (χ0n) is 16.0. The summed E-state index contributed by atoms with van der Waals surface area (Å²) in [5.41, 5.74) is 4.33. The van der Waals surface area contributed by atoms with Crippen molar-refractivity contribution in [3.63, 3.8) is 0 Å². The summed E-state index contributed by atoms with van der Waals surface area (Å²) >= 11 is 0. The normalized spacial score (nSPS) is 11.1. The van der Waals surface area contributed by atoms with Crippen LogP contribution in [0.4, 0.5) is 0 Å². The first-order valence-electron chi connectivity index (χ1n) is 9.08. The van der Waals surface area contributed by atoms with Gasteiger partial charge >= 0.3 is 5.63 Å². The van der Waals surface area contributed by atoms with Crippen molar-refractivity contribution in [3.05, 3.63) is 93.4 Å². The summed E-state index contributed by atoms with van der Waals surface area (Å²) in [5.74, 6) is 0.707. The average molecular weight is 360 g/mol. The smallest absolute Gasteiger partial charge is 0.336 e. The molecule has 1 aromatic heterocycles. The Morgan fingerprint density at radius 1 is 1.11 bits per heavy atom. The highest BCUT2D eigenvalue weighted by atomic mass is 16.5. The Labute approximate surface area is 159 Å². The molecular formula is C24H24O3. The van der Waals surface area contributed by atoms with E-state index < -0.39 is 0 Å². The first-order valence-corrected chi connectivity index (χ1v) is 9.08. The van der Waals surface area contributed by atoms with Gasteiger partial charge in [0.05, 0.1) is 5.56 Å². The summed E-state index contributed by atoms with van der Waals surface area (Å²) in [6.07, 6.45) is 6.87. The third-order valence-corrected chi connectivity index (χ3v) is 4.33. The molecule has 0 unspecified atom stereocenters. The Morgan fingerprint density at radius 2 is 1.89 bits per heavy atom. The molecule has 3 nitrogen and oxygen atoms in total. The van der Waals surface area contributed by atoms with Gasteiger partial charge in [0.2, 0.25) is 0 Å². The lowest BCUT2D eigenvalue weighted by Crippen LogP contribution is -2.01. The fraction of sp³-hybridized carbons (Fsp3) is 0.208. The lowest BCUT2D eigenvalue weighted by atomic mass is 10.0. The quantitative estimate of drug-likeness (QED) is 0.418. The molecule has 0 atom stereocenters. The van der Waals surface area contributed by atoms with E-state index in [9.17, 15) is 4.79 Å². The molecule has 3 rings (SSSR count). The summed E-state index contributed by atoms with van der Waals surface area (Å²) in [6, 6.07) is 15.6. The van der Waals surface area contributed by atoms with Crippen molar-refractivity contribution in [3.8, 4) is 5.75 Å². The Morgan fingerprint density at radius 3 is 2.63 bits per heavy atom. The molecule has 0 saturated carbocycles. The van der Waals surface area contributed by atoms with Crippen LogP contribution in [0.25, 0.3) is 17.0 Å². The molecule has 0 radical (unpaired) electrons. The fourth-order valence-corrected chi connectivity index (χ4v) is 2.90. The van der Waals surface area contributed by atoms with E-state index in [2.05, 4.69) is 18.2 Å². The number of fused-ring (bicyclic) bond motifs is 1. The topological polar surface area (TPSA) is 39.4 Å². The number of benzene rings is 2. The van der Waals surface area contributed by atoms with Crippen LogP contribution >= 0.6 is 0 Å². The van der Waals surface area contributed by atoms with Crippen LogP contribution in [0.3, 0.4) is 0 Å². The van der Waals surface area contributed by atoms with Gasteiger partial charge in [0.25, 0.3) is 0 Å². The van der Waals surface area contributed by atoms with E-state index in [0.29, 0.717) is 17.9 Å². The molecule has 3 heteroatoms. The second-order valence-electron chi connectivity index (χ2n) is 6.79. The van der Waals surface area contributed by atoms with Crippen LogP contribution in [0, 0.1) is 6.92 Å². The van der Waals surface area contributed by atoms with E-state index in [4.69, 9.17) is 9.15 Å². The highest BCUT2D eigenvalue weighted by Crippen LogP contribution is 2.30. The molecule has 0 spiro atoms. The van der Waals surface area contributed by atoms with Crippen LogP contribution in [0.1, 0.15) is 30.5 Å². The molecule has 138 valence electrons. The molecule has 0 aliphatic carbocycles. The molecule has 1 heterocycles. The van der Waals surface area contributed by atoms with Gasteiger partial charge in [-0.3, -0.25) is 0 Å². The molecular weight excluding hydrogens is 336 g/mol. The Bertz CT molecular complexity index is 1040. The van der Waals surface area contributed by atoms with Crippen molar-refractivity contribution < 1.29 is 9.15 Å². The minimum atomic E-state index is -0.348. The van der Waals surface area contributed by atoms with E-state index in [-0.39, 0.29) is 5.63 Å². The van der Waals surface area contributed by atoms with E-state index in [0.717, 1.165) is 22.9 Å². The molecule has 0 aliphatic rings. The van der Waals surface area contributed by atoms with Gasteiger partial charge in [-0.1, -0.05) is 48.1 Å². The SMILES string of the molecule is CC(C)=CCOc1ccc2c(C)cc(=O)oc2c1C=CCc1ccccc1. The van der Waals surface area contributed by atoms with Crippen LogP contribution in [-0.4, -0.2) is 6.61 Å². The lowest BCUT2D eigenvalue weighted by molar-refractivity contribution is 0.361. The van der Waals surface area contributed by atoms with Gasteiger partial charge in [0.15, 0.2) is 0 Å². The minimum Gasteiger partial charge on any atom is -0.489 e. The average Bonchev–Trinajstić information content (AvgIpc) is 2.63. The predicted molar refractivity (Wildman–Crippen MR) is 111 cm³/mol. The molecule has 0 aliphatic heterocycles. The predicted octanol–water partition coefficient (Wildman–Crippen LogP) is 5.70. The van der Waals surface area contributed by atoms with Crippen LogP contribution < -0.4 is 10.4 Å². The summed E-state index contributed by atoms with van der Waals surface area (Å²) in [5, 5.41) is 0.920. The highest BCUT2D eigenvalue weighted by Gasteiger charge is 2.11. The number of ether oxygens (including phenoxy) is 1. The molecule has 0 bridgehead atoms. The van der Waals surface area contributed by atoms with Crippen LogP contribution in [0.5, 0.6) is 5.75 Å². The van der Waals surface area contributed by atoms with Gasteiger partial charge < -0.3 is 9.15 Å². The first kappa shape index (κ1) is 18.7. The van der Waals surface area contributed by atoms with Crippen molar-refractivity contribution in [2.45, 2.75) is 27.2 Å². The van der Waals surface area contributed by atoms with Gasteiger partial charge in [-0.25, -0.2) is 4.79 Å². The van der Waals surface area contributed by atoms with Gasteiger partial charge in [0, 0.05) is 11.5 Å². The zero-order valence-corrected chi connectivity index (χ0v) is 16.0. The maximum Gasteiger partial charge on any atom is 0.336 e. The summed E-state index contributed by atoms with van der Waals surface area (Å²) in [4.78, 5) is 11.9. The molecule has 27 heavy (non-hydrogen) atoms. The third kappa shape index (κ3) is 4.76. The first-order chi connectivity index (χ1) is 13.0. The van der Waals surface area contributed by atoms with Gasteiger partial charge in [-0.2, -0.15) is 0 Å². The summed E-state index contributed by atoms with van der Waals surface area (Å²) in [7, 11) is 0. The largest absolute Gasteiger partial charge is 0.489 e. The second-order valence-corrected chi connectivity index (χ2v) is 6.79. The van der Waals surface area contributed by atoms with Crippen molar-refractivity contribution in [1.82, 2.24) is 0 Å². The molecule has 0 N–H and O–H groups in total. The van der Waals surface area contributed by atoms with E-state index in [1.54, 1.807) is 0 Å². The van der Waals surface area contributed by atoms with Gasteiger partial charge in [-0.15, -0.1) is 0 Å². The van der Waals surface area contributed by atoms with Crippen molar-refractivity contribution in [2.75, 3.05) is 6.61 Å². The molecule has 2 aromatic carbocycles. The van der Waals surface area contributed by atoms with Crippen LogP contribution in [0.15, 0.2) is 75.5 Å². The molecule has 0 fully saturated rings. The Balaban J connectivity index is 2.01. The third-order valence-electron chi connectivity index (χ3n) is 4.33. The summed E-state index contributed by atoms with van der Waals surface area (Å²) < 4.78 is 11.5. The maximum atomic E-state index is 11.9. The number of hydrogen-bond donors (Lipinski definition) is 0. The molecule has 0 amide bonds. The monoisotopic (exact) mass is 360 g/mol. The lowest BCUT2D eigenvalue weighted by Gasteiger charge is -2.11. The molecule has 3 aromatic rings. The van der Waals surface area contributed by atoms with E-state index in [1.807, 2.05) is 63.3 Å². The Hall–Kier alpha value is -3.07. The van der Waals surface area contributed by atoms with Gasteiger partial charge in [0.1, 0.15) is 17.9 Å². The fourth-order valence-electron chi connectivity index (χ4n) is 2.90. The minimum absolute atomic E-state index is 0.348. The van der Waals surface area contributed by atoms with Crippen LogP contribution in [-0.2, 0) is 6.42 Å². The van der Waals surface area contributed by atoms with Crippen molar-refractivity contribution in [1.29, 1.82) is 0 Å². The molecule has 0 saturated heterocycles. The number of aryl methyl sites for hydroxylation is 1. The van der Waals surface area contributed by atoms with Crippen molar-refractivity contribution in [2.24, 2.45) is 0 Å². The Kier molecular flexibility index (Phi) is 5.92. The number of allylic oxidation sites excluding steroid dienone is 2. The van der Waals surface area contributed by atoms with E-state index >= 15 is 0 Å². The standard InChI is InChI=1S/C24H24O3/c1-17(2)14-15-26-22-13-12-20-18(3)16-23(25)27-24(20)21(22)11-7-10-19-8-5-4-6-9-19/h4-9,11-14,16H,10,15H2,1-3H3. The zero-order chi connectivity index (χ0) is 19.2. The number of hydrogen-bond acceptors (Lipinski definition) is 3. The summed E-state index contributed by atoms with van der Waals surface area (Å²) in [6.45, 7) is 6.46.